The minimum Gasteiger partial charge on any atom is -0.230 e. The molecule has 0 aromatic rings. The van der Waals surface area contributed by atoms with E-state index in [2.05, 4.69) is 5.92 Å². The Labute approximate surface area is 62.6 Å². The Hall–Kier alpha value is -0.490. The van der Waals surface area contributed by atoms with E-state index >= 15 is 0 Å². The molecule has 0 amide bonds. The van der Waals surface area contributed by atoms with Crippen molar-refractivity contribution in [2.75, 3.05) is 0 Å². The lowest BCUT2D eigenvalue weighted by atomic mass is 10.1. The Morgan fingerprint density at radius 1 is 1.30 bits per heavy atom. The van der Waals surface area contributed by atoms with Crippen LogP contribution in [0.15, 0.2) is 0 Å². The molecule has 1 fully saturated rings. The molecule has 0 aliphatic heterocycles. The maximum Gasteiger partial charge on any atom is 0.157 e. The van der Waals surface area contributed by atoms with Crippen molar-refractivity contribution in [3.63, 3.8) is 0 Å². The summed E-state index contributed by atoms with van der Waals surface area (Å²) in [4.78, 5) is 0. The first-order valence-corrected chi connectivity index (χ1v) is 4.51. The predicted molar refractivity (Wildman–Crippen MR) is 40.3 cm³/mol. The fourth-order valence-electron chi connectivity index (χ4n) is 1.34. The second kappa shape index (κ2) is 2.63. The molecule has 0 atom stereocenters. The van der Waals surface area contributed by atoms with E-state index in [1.54, 1.807) is 0 Å². The SMILES string of the molecule is C#CC1([SH](=O)=O)CCCC1. The Morgan fingerprint density at radius 3 is 2.00 bits per heavy atom. The van der Waals surface area contributed by atoms with Crippen molar-refractivity contribution in [3.8, 4) is 12.3 Å². The summed E-state index contributed by atoms with van der Waals surface area (Å²) >= 11 is 0. The van der Waals surface area contributed by atoms with Crippen LogP contribution in [0.4, 0.5) is 0 Å². The molecule has 56 valence electrons. The molecular formula is C7H10O2S. The van der Waals surface area contributed by atoms with Gasteiger partial charge in [-0.05, 0) is 12.8 Å². The average Bonchev–Trinajstić information content (AvgIpc) is 2.35. The van der Waals surface area contributed by atoms with Gasteiger partial charge in [0.2, 0.25) is 0 Å². The van der Waals surface area contributed by atoms with Crippen molar-refractivity contribution < 1.29 is 8.42 Å². The molecule has 3 heteroatoms. The smallest absolute Gasteiger partial charge is 0.157 e. The standard InChI is InChI=1S/C7H10O2S/c1-2-7(10(8)9)5-3-4-6-7/h1,10H,3-6H2. The van der Waals surface area contributed by atoms with Crippen LogP contribution >= 0.6 is 0 Å². The molecule has 1 saturated carbocycles. The Bertz CT molecular complexity index is 220. The molecular weight excluding hydrogens is 148 g/mol. The number of hydrogen-bond donors (Lipinski definition) is 1. The zero-order valence-corrected chi connectivity index (χ0v) is 6.56. The third kappa shape index (κ3) is 1.04. The number of terminal acetylenes is 1. The molecule has 1 aliphatic carbocycles. The second-order valence-corrected chi connectivity index (χ2v) is 4.01. The van der Waals surface area contributed by atoms with E-state index < -0.39 is 15.5 Å². The van der Waals surface area contributed by atoms with Gasteiger partial charge in [-0.3, -0.25) is 0 Å². The lowest BCUT2D eigenvalue weighted by Gasteiger charge is -2.11. The van der Waals surface area contributed by atoms with Crippen LogP contribution < -0.4 is 0 Å². The van der Waals surface area contributed by atoms with Crippen LogP contribution in [0.5, 0.6) is 0 Å². The first-order valence-electron chi connectivity index (χ1n) is 3.33. The van der Waals surface area contributed by atoms with Gasteiger partial charge in [0, 0.05) is 0 Å². The molecule has 2 nitrogen and oxygen atoms in total. The van der Waals surface area contributed by atoms with Crippen molar-refractivity contribution >= 4 is 10.7 Å². The number of hydrogen-bond acceptors (Lipinski definition) is 2. The van der Waals surface area contributed by atoms with Crippen LogP contribution in [0.25, 0.3) is 0 Å². The summed E-state index contributed by atoms with van der Waals surface area (Å²) in [5.74, 6) is 2.38. The van der Waals surface area contributed by atoms with E-state index in [4.69, 9.17) is 6.42 Å². The number of thiol groups is 1. The number of rotatable bonds is 1. The van der Waals surface area contributed by atoms with Gasteiger partial charge in [0.05, 0.1) is 0 Å². The Balaban J connectivity index is 2.90. The highest BCUT2D eigenvalue weighted by Crippen LogP contribution is 2.31. The van der Waals surface area contributed by atoms with Crippen LogP contribution in [-0.2, 0) is 10.7 Å². The zero-order valence-electron chi connectivity index (χ0n) is 5.67. The zero-order chi connectivity index (χ0) is 7.61. The van der Waals surface area contributed by atoms with Crippen LogP contribution in [0.2, 0.25) is 0 Å². The van der Waals surface area contributed by atoms with Crippen LogP contribution in [0.3, 0.4) is 0 Å². The predicted octanol–water partition coefficient (Wildman–Crippen LogP) is 0.544. The van der Waals surface area contributed by atoms with E-state index in [-0.39, 0.29) is 0 Å². The third-order valence-corrected chi connectivity index (χ3v) is 3.32. The van der Waals surface area contributed by atoms with Crippen molar-refractivity contribution in [2.24, 2.45) is 0 Å². The van der Waals surface area contributed by atoms with E-state index in [1.807, 2.05) is 0 Å². The van der Waals surface area contributed by atoms with Gasteiger partial charge < -0.3 is 0 Å². The van der Waals surface area contributed by atoms with E-state index in [1.165, 1.54) is 0 Å². The van der Waals surface area contributed by atoms with Crippen LogP contribution in [0, 0.1) is 12.3 Å². The average molecular weight is 158 g/mol. The summed E-state index contributed by atoms with van der Waals surface area (Å²) in [5.41, 5.74) is 0. The molecule has 1 aliphatic rings. The first kappa shape index (κ1) is 7.62. The highest BCUT2D eigenvalue weighted by Gasteiger charge is 2.34. The van der Waals surface area contributed by atoms with Gasteiger partial charge in [-0.1, -0.05) is 18.8 Å². The van der Waals surface area contributed by atoms with Crippen molar-refractivity contribution in [1.29, 1.82) is 0 Å². The fourth-order valence-corrected chi connectivity index (χ4v) is 2.13. The van der Waals surface area contributed by atoms with Gasteiger partial charge >= 0.3 is 0 Å². The molecule has 0 spiro atoms. The van der Waals surface area contributed by atoms with Crippen molar-refractivity contribution in [2.45, 2.75) is 30.4 Å². The maximum absolute atomic E-state index is 10.6. The van der Waals surface area contributed by atoms with Crippen molar-refractivity contribution in [1.82, 2.24) is 0 Å². The lowest BCUT2D eigenvalue weighted by Crippen LogP contribution is -2.23. The monoisotopic (exact) mass is 158 g/mol. The van der Waals surface area contributed by atoms with Crippen LogP contribution in [0.1, 0.15) is 25.7 Å². The molecule has 1 rings (SSSR count). The van der Waals surface area contributed by atoms with E-state index in [0.717, 1.165) is 12.8 Å². The summed E-state index contributed by atoms with van der Waals surface area (Å²) in [7, 11) is -2.42. The van der Waals surface area contributed by atoms with Gasteiger partial charge in [-0.25, -0.2) is 8.42 Å². The highest BCUT2D eigenvalue weighted by atomic mass is 32.2. The summed E-state index contributed by atoms with van der Waals surface area (Å²) in [5, 5.41) is 0. The van der Waals surface area contributed by atoms with Crippen molar-refractivity contribution in [3.05, 3.63) is 0 Å². The molecule has 0 heterocycles. The van der Waals surface area contributed by atoms with E-state index in [9.17, 15) is 8.42 Å². The molecule has 0 aromatic heterocycles. The summed E-state index contributed by atoms with van der Waals surface area (Å²) < 4.78 is 20.5. The first-order chi connectivity index (χ1) is 4.71. The molecule has 0 bridgehead atoms. The normalized spacial score (nSPS) is 22.8. The topological polar surface area (TPSA) is 34.1 Å². The molecule has 0 radical (unpaired) electrons. The Morgan fingerprint density at radius 2 is 1.80 bits per heavy atom. The van der Waals surface area contributed by atoms with Gasteiger partial charge in [0.25, 0.3) is 0 Å². The van der Waals surface area contributed by atoms with Gasteiger partial charge in [0.1, 0.15) is 4.75 Å². The van der Waals surface area contributed by atoms with Gasteiger partial charge in [-0.2, -0.15) is 0 Å². The summed E-state index contributed by atoms with van der Waals surface area (Å²) in [6, 6.07) is 0. The Kier molecular flexibility index (Phi) is 2.00. The second-order valence-electron chi connectivity index (χ2n) is 2.64. The lowest BCUT2D eigenvalue weighted by molar-refractivity contribution is 0.580. The van der Waals surface area contributed by atoms with Gasteiger partial charge in [-0.15, -0.1) is 6.42 Å². The van der Waals surface area contributed by atoms with Crippen LogP contribution in [-0.4, -0.2) is 13.2 Å². The van der Waals surface area contributed by atoms with E-state index in [0.29, 0.717) is 12.8 Å². The van der Waals surface area contributed by atoms with Gasteiger partial charge in [0.15, 0.2) is 10.7 Å². The minimum atomic E-state index is -2.42. The molecule has 10 heavy (non-hydrogen) atoms. The molecule has 0 N–H and O–H groups in total. The molecule has 0 aromatic carbocycles. The summed E-state index contributed by atoms with van der Waals surface area (Å²) in [6.45, 7) is 0. The maximum atomic E-state index is 10.6. The summed E-state index contributed by atoms with van der Waals surface area (Å²) in [6.07, 6.45) is 8.35. The third-order valence-electron chi connectivity index (χ3n) is 2.05. The molecule has 0 unspecified atom stereocenters. The quantitative estimate of drug-likeness (QED) is 0.446. The molecule has 0 saturated heterocycles. The minimum absolute atomic E-state index is 0.655. The fraction of sp³-hybridized carbons (Fsp3) is 0.714. The largest absolute Gasteiger partial charge is 0.230 e. The highest BCUT2D eigenvalue weighted by molar-refractivity contribution is 7.74.